The van der Waals surface area contributed by atoms with Crippen molar-refractivity contribution in [2.75, 3.05) is 21.5 Å². The SMILES string of the molecule is Cc1ccc(NS(=O)(=O)c2ccc(NC(=O)c3ccc(CN4CCCc5ccccc54)cc3)cc2)cc1Cl. The molecule has 1 aliphatic heterocycles. The van der Waals surface area contributed by atoms with E-state index < -0.39 is 10.0 Å². The Bertz CT molecular complexity index is 1570. The molecule has 1 aliphatic rings. The van der Waals surface area contributed by atoms with E-state index in [-0.39, 0.29) is 10.8 Å². The van der Waals surface area contributed by atoms with E-state index in [2.05, 4.69) is 39.2 Å². The number of nitrogens with zero attached hydrogens (tertiary/aromatic N) is 1. The smallest absolute Gasteiger partial charge is 0.261 e. The maximum Gasteiger partial charge on any atom is 0.261 e. The lowest BCUT2D eigenvalue weighted by Gasteiger charge is -2.31. The van der Waals surface area contributed by atoms with E-state index in [1.54, 1.807) is 30.3 Å². The predicted octanol–water partition coefficient (Wildman–Crippen LogP) is 6.65. The first kappa shape index (κ1) is 25.8. The van der Waals surface area contributed by atoms with Crippen molar-refractivity contribution >= 4 is 44.6 Å². The Kier molecular flexibility index (Phi) is 7.40. The molecule has 0 aliphatic carbocycles. The second kappa shape index (κ2) is 10.9. The minimum Gasteiger partial charge on any atom is -0.367 e. The highest BCUT2D eigenvalue weighted by atomic mass is 35.5. The lowest BCUT2D eigenvalue weighted by molar-refractivity contribution is 0.102. The largest absolute Gasteiger partial charge is 0.367 e. The Morgan fingerprint density at radius 2 is 1.63 bits per heavy atom. The lowest BCUT2D eigenvalue weighted by Crippen LogP contribution is -2.28. The zero-order valence-corrected chi connectivity index (χ0v) is 22.5. The van der Waals surface area contributed by atoms with Gasteiger partial charge in [-0.05, 0) is 91.1 Å². The Morgan fingerprint density at radius 1 is 0.921 bits per heavy atom. The molecule has 0 bridgehead atoms. The molecule has 4 aromatic rings. The molecule has 2 N–H and O–H groups in total. The van der Waals surface area contributed by atoms with Gasteiger partial charge in [-0.15, -0.1) is 0 Å². The average Bonchev–Trinajstić information content (AvgIpc) is 2.91. The van der Waals surface area contributed by atoms with Gasteiger partial charge in [0, 0.05) is 35.1 Å². The molecular weight excluding hydrogens is 518 g/mol. The number of rotatable bonds is 7. The number of fused-ring (bicyclic) bond motifs is 1. The molecular formula is C30H28ClN3O3S. The maximum absolute atomic E-state index is 12.8. The van der Waals surface area contributed by atoms with Crippen molar-refractivity contribution in [3.63, 3.8) is 0 Å². The molecule has 5 rings (SSSR count). The van der Waals surface area contributed by atoms with E-state index >= 15 is 0 Å². The molecule has 0 atom stereocenters. The van der Waals surface area contributed by atoms with Crippen LogP contribution in [-0.2, 0) is 23.0 Å². The maximum atomic E-state index is 12.8. The zero-order chi connectivity index (χ0) is 26.7. The van der Waals surface area contributed by atoms with E-state index in [0.717, 1.165) is 37.1 Å². The summed E-state index contributed by atoms with van der Waals surface area (Å²) in [6.45, 7) is 3.65. The van der Waals surface area contributed by atoms with Crippen molar-refractivity contribution in [1.29, 1.82) is 0 Å². The molecule has 1 heterocycles. The molecule has 4 aromatic carbocycles. The fourth-order valence-corrected chi connectivity index (χ4v) is 5.78. The second-order valence-electron chi connectivity index (χ2n) is 9.40. The summed E-state index contributed by atoms with van der Waals surface area (Å²) in [6.07, 6.45) is 2.24. The first-order valence-electron chi connectivity index (χ1n) is 12.4. The van der Waals surface area contributed by atoms with Gasteiger partial charge in [0.15, 0.2) is 0 Å². The highest BCUT2D eigenvalue weighted by Gasteiger charge is 2.17. The van der Waals surface area contributed by atoms with E-state index in [9.17, 15) is 13.2 Å². The monoisotopic (exact) mass is 545 g/mol. The van der Waals surface area contributed by atoms with Crippen LogP contribution in [-0.4, -0.2) is 20.9 Å². The number of para-hydroxylation sites is 1. The van der Waals surface area contributed by atoms with Crippen LogP contribution >= 0.6 is 11.6 Å². The number of carbonyl (C=O) groups excluding carboxylic acids is 1. The van der Waals surface area contributed by atoms with Crippen LogP contribution in [0.15, 0.2) is 95.9 Å². The van der Waals surface area contributed by atoms with Crippen molar-refractivity contribution < 1.29 is 13.2 Å². The number of hydrogen-bond donors (Lipinski definition) is 2. The van der Waals surface area contributed by atoms with Crippen LogP contribution < -0.4 is 14.9 Å². The first-order valence-corrected chi connectivity index (χ1v) is 14.3. The molecule has 0 fully saturated rings. The van der Waals surface area contributed by atoms with Crippen molar-refractivity contribution in [2.45, 2.75) is 31.2 Å². The number of amides is 1. The van der Waals surface area contributed by atoms with Crippen molar-refractivity contribution in [3.05, 3.63) is 118 Å². The topological polar surface area (TPSA) is 78.5 Å². The van der Waals surface area contributed by atoms with Gasteiger partial charge < -0.3 is 10.2 Å². The zero-order valence-electron chi connectivity index (χ0n) is 20.9. The van der Waals surface area contributed by atoms with Crippen LogP contribution in [0, 0.1) is 6.92 Å². The molecule has 194 valence electrons. The number of sulfonamides is 1. The van der Waals surface area contributed by atoms with Gasteiger partial charge in [-0.1, -0.05) is 48.0 Å². The van der Waals surface area contributed by atoms with Gasteiger partial charge in [-0.3, -0.25) is 9.52 Å². The molecule has 1 amide bonds. The van der Waals surface area contributed by atoms with Gasteiger partial charge in [0.2, 0.25) is 0 Å². The van der Waals surface area contributed by atoms with Gasteiger partial charge in [0.05, 0.1) is 10.6 Å². The minimum atomic E-state index is -3.80. The predicted molar refractivity (Wildman–Crippen MR) is 154 cm³/mol. The van der Waals surface area contributed by atoms with Gasteiger partial charge in [0.25, 0.3) is 15.9 Å². The molecule has 0 radical (unpaired) electrons. The summed E-state index contributed by atoms with van der Waals surface area (Å²) in [6, 6.07) is 27.1. The summed E-state index contributed by atoms with van der Waals surface area (Å²) in [4.78, 5) is 15.3. The Morgan fingerprint density at radius 3 is 2.37 bits per heavy atom. The van der Waals surface area contributed by atoms with Gasteiger partial charge in [-0.25, -0.2) is 8.42 Å². The van der Waals surface area contributed by atoms with Crippen LogP contribution in [0.1, 0.15) is 33.5 Å². The number of anilines is 3. The fraction of sp³-hybridized carbons (Fsp3) is 0.167. The summed E-state index contributed by atoms with van der Waals surface area (Å²) in [5, 5.41) is 3.31. The molecule has 0 saturated carbocycles. The van der Waals surface area contributed by atoms with E-state index in [1.165, 1.54) is 23.4 Å². The molecule has 38 heavy (non-hydrogen) atoms. The highest BCUT2D eigenvalue weighted by molar-refractivity contribution is 7.92. The molecule has 8 heteroatoms. The number of carbonyl (C=O) groups is 1. The highest BCUT2D eigenvalue weighted by Crippen LogP contribution is 2.28. The van der Waals surface area contributed by atoms with Crippen LogP contribution in [0.4, 0.5) is 17.1 Å². The molecule has 0 unspecified atom stereocenters. The molecule has 0 aromatic heterocycles. The Hall–Kier alpha value is -3.81. The third kappa shape index (κ3) is 5.85. The number of benzene rings is 4. The fourth-order valence-electron chi connectivity index (χ4n) is 4.55. The second-order valence-corrected chi connectivity index (χ2v) is 11.5. The summed E-state index contributed by atoms with van der Waals surface area (Å²) >= 11 is 6.10. The number of aryl methyl sites for hydroxylation is 2. The normalized spacial score (nSPS) is 13.1. The van der Waals surface area contributed by atoms with Crippen LogP contribution in [0.5, 0.6) is 0 Å². The average molecular weight is 546 g/mol. The van der Waals surface area contributed by atoms with Gasteiger partial charge in [-0.2, -0.15) is 0 Å². The molecule has 0 saturated heterocycles. The molecule has 6 nitrogen and oxygen atoms in total. The summed E-state index contributed by atoms with van der Waals surface area (Å²) in [5.41, 5.74) is 6.06. The van der Waals surface area contributed by atoms with E-state index in [1.807, 2.05) is 31.2 Å². The summed E-state index contributed by atoms with van der Waals surface area (Å²) in [5.74, 6) is -0.261. The van der Waals surface area contributed by atoms with E-state index in [4.69, 9.17) is 11.6 Å². The Balaban J connectivity index is 1.21. The van der Waals surface area contributed by atoms with Crippen LogP contribution in [0.25, 0.3) is 0 Å². The lowest BCUT2D eigenvalue weighted by atomic mass is 10.0. The molecule has 0 spiro atoms. The van der Waals surface area contributed by atoms with Crippen molar-refractivity contribution in [3.8, 4) is 0 Å². The summed E-state index contributed by atoms with van der Waals surface area (Å²) < 4.78 is 28.0. The van der Waals surface area contributed by atoms with Gasteiger partial charge >= 0.3 is 0 Å². The summed E-state index contributed by atoms with van der Waals surface area (Å²) in [7, 11) is -3.80. The third-order valence-electron chi connectivity index (χ3n) is 6.64. The number of hydrogen-bond acceptors (Lipinski definition) is 4. The number of nitrogens with one attached hydrogen (secondary N) is 2. The Labute approximate surface area is 228 Å². The van der Waals surface area contributed by atoms with Gasteiger partial charge in [0.1, 0.15) is 0 Å². The van der Waals surface area contributed by atoms with Crippen LogP contribution in [0.2, 0.25) is 5.02 Å². The third-order valence-corrected chi connectivity index (χ3v) is 8.45. The van der Waals surface area contributed by atoms with Crippen molar-refractivity contribution in [2.24, 2.45) is 0 Å². The van der Waals surface area contributed by atoms with Crippen LogP contribution in [0.3, 0.4) is 0 Å². The number of halogens is 1. The first-order chi connectivity index (χ1) is 18.3. The van der Waals surface area contributed by atoms with Crippen molar-refractivity contribution in [1.82, 2.24) is 0 Å². The minimum absolute atomic E-state index is 0.0795. The quantitative estimate of drug-likeness (QED) is 0.272. The van der Waals surface area contributed by atoms with E-state index in [0.29, 0.717) is 22.0 Å². The standard InChI is InChI=1S/C30H28ClN3O3S/c1-21-8-13-26(19-28(21)31)33-38(36,37)27-16-14-25(15-17-27)32-30(35)24-11-9-22(10-12-24)20-34-18-4-6-23-5-2-3-7-29(23)34/h2-3,5,7-17,19,33H,4,6,18,20H2,1H3,(H,32,35).